The lowest BCUT2D eigenvalue weighted by Gasteiger charge is -2.30. The molecule has 2 aromatic carbocycles. The fraction of sp³-hybridized carbons (Fsp3) is 0.200. The van der Waals surface area contributed by atoms with E-state index in [0.717, 1.165) is 23.6 Å². The molecular formula is C25H24N4O2. The third-order valence-electron chi connectivity index (χ3n) is 5.33. The molecule has 2 amide bonds. The van der Waals surface area contributed by atoms with E-state index in [1.807, 2.05) is 30.3 Å². The van der Waals surface area contributed by atoms with Crippen molar-refractivity contribution in [3.63, 3.8) is 0 Å². The first-order valence-corrected chi connectivity index (χ1v) is 10.3. The summed E-state index contributed by atoms with van der Waals surface area (Å²) in [6, 6.07) is 22.6. The van der Waals surface area contributed by atoms with Crippen LogP contribution in [-0.2, 0) is 4.79 Å². The first-order valence-electron chi connectivity index (χ1n) is 10.3. The number of carbonyl (C=O) groups is 2. The van der Waals surface area contributed by atoms with Crippen LogP contribution in [-0.4, -0.2) is 43.2 Å². The van der Waals surface area contributed by atoms with Gasteiger partial charge in [0.15, 0.2) is 0 Å². The number of fused-ring (bicyclic) bond motifs is 1. The molecule has 0 aliphatic carbocycles. The van der Waals surface area contributed by atoms with Crippen molar-refractivity contribution in [3.8, 4) is 0 Å². The Labute approximate surface area is 181 Å². The molecule has 0 saturated heterocycles. The summed E-state index contributed by atoms with van der Waals surface area (Å²) in [4.78, 5) is 38.3. The van der Waals surface area contributed by atoms with Crippen LogP contribution in [0.1, 0.15) is 28.3 Å². The molecule has 6 heteroatoms. The lowest BCUT2D eigenvalue weighted by Crippen LogP contribution is -2.46. The topological polar surface area (TPSA) is 65.9 Å². The molecule has 1 aromatic heterocycles. The highest BCUT2D eigenvalue weighted by Gasteiger charge is 2.39. The number of aromatic nitrogens is 1. The largest absolute Gasteiger partial charge is 0.375 e. The third kappa shape index (κ3) is 4.38. The van der Waals surface area contributed by atoms with E-state index in [9.17, 15) is 9.59 Å². The molecule has 0 fully saturated rings. The molecule has 1 aliphatic heterocycles. The van der Waals surface area contributed by atoms with Gasteiger partial charge in [0.2, 0.25) is 5.91 Å². The highest BCUT2D eigenvalue weighted by atomic mass is 16.2. The summed E-state index contributed by atoms with van der Waals surface area (Å²) < 4.78 is 0. The summed E-state index contributed by atoms with van der Waals surface area (Å²) in [6.07, 6.45) is 4.10. The van der Waals surface area contributed by atoms with E-state index in [1.165, 1.54) is 0 Å². The monoisotopic (exact) mass is 412 g/mol. The molecule has 0 saturated carbocycles. The maximum absolute atomic E-state index is 13.2. The molecule has 0 spiro atoms. The van der Waals surface area contributed by atoms with Gasteiger partial charge < -0.3 is 4.90 Å². The highest BCUT2D eigenvalue weighted by molar-refractivity contribution is 6.28. The number of para-hydroxylation sites is 1. The number of imide groups is 1. The average molecular weight is 412 g/mol. The minimum atomic E-state index is -0.609. The fourth-order valence-corrected chi connectivity index (χ4v) is 3.69. The standard InChI is InChI=1S/C25H24N4O2/c1-28(19-10-3-2-4-11-19)17-9-15-26-18-22-20-12-5-6-13-21(20)24(30)29(25(22)31)23-14-7-8-16-27-23/h2-8,10-14,16,18,22H,9,15,17H2,1H3. The normalized spacial score (nSPS) is 15.9. The summed E-state index contributed by atoms with van der Waals surface area (Å²) in [5.74, 6) is -0.960. The van der Waals surface area contributed by atoms with Gasteiger partial charge in [-0.25, -0.2) is 9.88 Å². The molecule has 0 bridgehead atoms. The van der Waals surface area contributed by atoms with Crippen LogP contribution in [0.15, 0.2) is 84.0 Å². The van der Waals surface area contributed by atoms with E-state index in [0.29, 0.717) is 23.5 Å². The van der Waals surface area contributed by atoms with Crippen LogP contribution in [0.2, 0.25) is 0 Å². The lowest BCUT2D eigenvalue weighted by molar-refractivity contribution is -0.118. The van der Waals surface area contributed by atoms with E-state index in [4.69, 9.17) is 0 Å². The number of benzene rings is 2. The van der Waals surface area contributed by atoms with Gasteiger partial charge in [-0.2, -0.15) is 0 Å². The van der Waals surface area contributed by atoms with Crippen LogP contribution >= 0.6 is 0 Å². The molecule has 4 rings (SSSR count). The van der Waals surface area contributed by atoms with Gasteiger partial charge in [0.25, 0.3) is 5.91 Å². The molecule has 2 heterocycles. The van der Waals surface area contributed by atoms with Crippen LogP contribution in [0.3, 0.4) is 0 Å². The Morgan fingerprint density at radius 1 is 1.00 bits per heavy atom. The van der Waals surface area contributed by atoms with E-state index in [2.05, 4.69) is 34.1 Å². The van der Waals surface area contributed by atoms with Gasteiger partial charge in [-0.3, -0.25) is 14.6 Å². The minimum Gasteiger partial charge on any atom is -0.375 e. The molecule has 6 nitrogen and oxygen atoms in total. The fourth-order valence-electron chi connectivity index (χ4n) is 3.69. The van der Waals surface area contributed by atoms with Crippen molar-refractivity contribution in [2.75, 3.05) is 29.9 Å². The second-order valence-electron chi connectivity index (χ2n) is 7.40. The number of carbonyl (C=O) groups excluding carboxylic acids is 2. The van der Waals surface area contributed by atoms with E-state index >= 15 is 0 Å². The summed E-state index contributed by atoms with van der Waals surface area (Å²) >= 11 is 0. The summed E-state index contributed by atoms with van der Waals surface area (Å²) in [5.41, 5.74) is 2.36. The number of hydrogen-bond donors (Lipinski definition) is 0. The molecule has 0 radical (unpaired) electrons. The Morgan fingerprint density at radius 3 is 2.52 bits per heavy atom. The molecule has 1 unspecified atom stereocenters. The zero-order valence-electron chi connectivity index (χ0n) is 17.4. The van der Waals surface area contributed by atoms with Gasteiger partial charge in [-0.1, -0.05) is 42.5 Å². The SMILES string of the molecule is CN(CCCN=CC1C(=O)N(c2ccccn2)C(=O)c2ccccc21)c1ccccc1. The van der Waals surface area contributed by atoms with Crippen LogP contribution < -0.4 is 9.80 Å². The molecule has 156 valence electrons. The zero-order chi connectivity index (χ0) is 21.6. The van der Waals surface area contributed by atoms with E-state index in [-0.39, 0.29) is 11.8 Å². The summed E-state index contributed by atoms with van der Waals surface area (Å²) in [6.45, 7) is 1.45. The Morgan fingerprint density at radius 2 is 1.74 bits per heavy atom. The summed E-state index contributed by atoms with van der Waals surface area (Å²) in [5, 5.41) is 0. The van der Waals surface area contributed by atoms with Crippen molar-refractivity contribution in [2.24, 2.45) is 4.99 Å². The van der Waals surface area contributed by atoms with Crippen molar-refractivity contribution in [1.29, 1.82) is 0 Å². The Balaban J connectivity index is 1.48. The zero-order valence-corrected chi connectivity index (χ0v) is 17.4. The van der Waals surface area contributed by atoms with Crippen LogP contribution in [0, 0.1) is 0 Å². The first-order chi connectivity index (χ1) is 15.2. The van der Waals surface area contributed by atoms with Crippen molar-refractivity contribution in [1.82, 2.24) is 4.98 Å². The second kappa shape index (κ2) is 9.34. The number of hydrogen-bond acceptors (Lipinski definition) is 5. The lowest BCUT2D eigenvalue weighted by atomic mass is 9.89. The van der Waals surface area contributed by atoms with Gasteiger partial charge in [-0.15, -0.1) is 0 Å². The molecule has 1 atom stereocenters. The predicted octanol–water partition coefficient (Wildman–Crippen LogP) is 3.95. The maximum atomic E-state index is 13.2. The maximum Gasteiger partial charge on any atom is 0.266 e. The van der Waals surface area contributed by atoms with Gasteiger partial charge >= 0.3 is 0 Å². The summed E-state index contributed by atoms with van der Waals surface area (Å²) in [7, 11) is 2.05. The van der Waals surface area contributed by atoms with Gasteiger partial charge in [0.1, 0.15) is 5.82 Å². The molecular weight excluding hydrogens is 388 g/mol. The molecule has 0 N–H and O–H groups in total. The van der Waals surface area contributed by atoms with E-state index in [1.54, 1.807) is 42.7 Å². The number of aliphatic imine (C=N–C) groups is 1. The average Bonchev–Trinajstić information content (AvgIpc) is 2.82. The quantitative estimate of drug-likeness (QED) is 0.335. The van der Waals surface area contributed by atoms with Crippen molar-refractivity contribution < 1.29 is 9.59 Å². The van der Waals surface area contributed by atoms with Crippen LogP contribution in [0.4, 0.5) is 11.5 Å². The Kier molecular flexibility index (Phi) is 6.17. The number of nitrogens with zero attached hydrogens (tertiary/aromatic N) is 4. The molecule has 31 heavy (non-hydrogen) atoms. The molecule has 3 aromatic rings. The van der Waals surface area contributed by atoms with Crippen LogP contribution in [0.25, 0.3) is 0 Å². The third-order valence-corrected chi connectivity index (χ3v) is 5.33. The first kappa shape index (κ1) is 20.5. The van der Waals surface area contributed by atoms with Crippen molar-refractivity contribution in [3.05, 3.63) is 90.1 Å². The van der Waals surface area contributed by atoms with E-state index < -0.39 is 5.92 Å². The number of amides is 2. The van der Waals surface area contributed by atoms with Gasteiger partial charge in [-0.05, 0) is 42.3 Å². The minimum absolute atomic E-state index is 0.326. The van der Waals surface area contributed by atoms with Gasteiger partial charge in [0, 0.05) is 43.8 Å². The van der Waals surface area contributed by atoms with Crippen molar-refractivity contribution in [2.45, 2.75) is 12.3 Å². The Bertz CT molecular complexity index is 1080. The number of anilines is 2. The highest BCUT2D eigenvalue weighted by Crippen LogP contribution is 2.30. The van der Waals surface area contributed by atoms with Gasteiger partial charge in [0.05, 0.1) is 5.92 Å². The second-order valence-corrected chi connectivity index (χ2v) is 7.40. The Hall–Kier alpha value is -3.80. The number of rotatable bonds is 7. The smallest absolute Gasteiger partial charge is 0.266 e. The van der Waals surface area contributed by atoms with Crippen molar-refractivity contribution >= 4 is 29.5 Å². The van der Waals surface area contributed by atoms with Crippen LogP contribution in [0.5, 0.6) is 0 Å². The number of pyridine rings is 1. The molecule has 1 aliphatic rings. The predicted molar refractivity (Wildman–Crippen MR) is 123 cm³/mol.